The predicted molar refractivity (Wildman–Crippen MR) is 72.4 cm³/mol. The fraction of sp³-hybridized carbons (Fsp3) is 0.267. The Morgan fingerprint density at radius 3 is 2.37 bits per heavy atom. The van der Waals surface area contributed by atoms with E-state index in [1.807, 2.05) is 24.3 Å². The Balaban J connectivity index is 2.08. The van der Waals surface area contributed by atoms with Crippen LogP contribution in [0.25, 0.3) is 0 Å². The fourth-order valence-electron chi connectivity index (χ4n) is 1.83. The number of aliphatic hydroxyl groups is 1. The summed E-state index contributed by atoms with van der Waals surface area (Å²) >= 11 is 0. The quantitative estimate of drug-likeness (QED) is 0.895. The van der Waals surface area contributed by atoms with E-state index in [2.05, 4.69) is 4.98 Å². The molecule has 0 aliphatic carbocycles. The molecule has 0 aliphatic heterocycles. The zero-order valence-corrected chi connectivity index (χ0v) is 11.0. The number of methoxy groups -OCH3 is 2. The maximum absolute atomic E-state index is 10.2. The monoisotopic (exact) mass is 259 g/mol. The number of hydrogen-bond donors (Lipinski definition) is 1. The van der Waals surface area contributed by atoms with Crippen molar-refractivity contribution >= 4 is 0 Å². The molecule has 0 saturated carbocycles. The maximum Gasteiger partial charge on any atom is 0.137 e. The van der Waals surface area contributed by atoms with Crippen molar-refractivity contribution in [3.8, 4) is 11.5 Å². The molecule has 1 N–H and O–H groups in total. The van der Waals surface area contributed by atoms with Crippen molar-refractivity contribution in [3.05, 3.63) is 53.9 Å². The van der Waals surface area contributed by atoms with Crippen molar-refractivity contribution in [1.82, 2.24) is 4.98 Å². The van der Waals surface area contributed by atoms with Gasteiger partial charge in [-0.1, -0.05) is 12.1 Å². The number of ether oxygens (including phenoxy) is 2. The van der Waals surface area contributed by atoms with E-state index >= 15 is 0 Å². The minimum absolute atomic E-state index is 0.527. The number of aromatic nitrogens is 1. The number of benzene rings is 1. The number of hydrogen-bond acceptors (Lipinski definition) is 4. The Bertz CT molecular complexity index is 525. The van der Waals surface area contributed by atoms with Gasteiger partial charge < -0.3 is 14.6 Å². The van der Waals surface area contributed by atoms with Gasteiger partial charge in [-0.2, -0.15) is 0 Å². The molecular formula is C15H17NO3. The van der Waals surface area contributed by atoms with Crippen molar-refractivity contribution in [1.29, 1.82) is 0 Å². The van der Waals surface area contributed by atoms with Crippen molar-refractivity contribution in [2.24, 2.45) is 0 Å². The summed E-state index contributed by atoms with van der Waals surface area (Å²) in [6, 6.07) is 9.43. The summed E-state index contributed by atoms with van der Waals surface area (Å²) in [4.78, 5) is 4.04. The summed E-state index contributed by atoms with van der Waals surface area (Å²) in [6.45, 7) is 0. The molecule has 0 bridgehead atoms. The summed E-state index contributed by atoms with van der Waals surface area (Å²) in [5.74, 6) is 1.45. The van der Waals surface area contributed by atoms with E-state index in [-0.39, 0.29) is 0 Å². The van der Waals surface area contributed by atoms with Gasteiger partial charge in [0.25, 0.3) is 0 Å². The van der Waals surface area contributed by atoms with Gasteiger partial charge in [0.2, 0.25) is 0 Å². The third-order valence-electron chi connectivity index (χ3n) is 2.94. The third kappa shape index (κ3) is 3.45. The van der Waals surface area contributed by atoms with Crippen LogP contribution in [0.4, 0.5) is 0 Å². The summed E-state index contributed by atoms with van der Waals surface area (Å²) in [5.41, 5.74) is 1.78. The lowest BCUT2D eigenvalue weighted by atomic mass is 10.0. The lowest BCUT2D eigenvalue weighted by molar-refractivity contribution is 0.177. The van der Waals surface area contributed by atoms with E-state index in [4.69, 9.17) is 9.47 Å². The zero-order valence-electron chi connectivity index (χ0n) is 11.0. The van der Waals surface area contributed by atoms with Gasteiger partial charge >= 0.3 is 0 Å². The van der Waals surface area contributed by atoms with E-state index in [0.29, 0.717) is 12.2 Å². The van der Waals surface area contributed by atoms with Gasteiger partial charge in [-0.05, 0) is 23.8 Å². The molecule has 1 aromatic carbocycles. The van der Waals surface area contributed by atoms with E-state index in [1.54, 1.807) is 32.7 Å². The van der Waals surface area contributed by atoms with Crippen molar-refractivity contribution < 1.29 is 14.6 Å². The van der Waals surface area contributed by atoms with Crippen LogP contribution in [0.5, 0.6) is 11.5 Å². The Kier molecular flexibility index (Phi) is 4.36. The second-order valence-corrected chi connectivity index (χ2v) is 4.23. The molecule has 0 saturated heterocycles. The number of rotatable bonds is 5. The highest BCUT2D eigenvalue weighted by Gasteiger charge is 2.10. The molecule has 0 spiro atoms. The SMILES string of the molecule is COc1ccc(CC(O)c2cncc(OC)c2)cc1. The zero-order chi connectivity index (χ0) is 13.7. The summed E-state index contributed by atoms with van der Waals surface area (Å²) < 4.78 is 10.2. The Hall–Kier alpha value is -2.07. The normalized spacial score (nSPS) is 11.9. The van der Waals surface area contributed by atoms with Crippen LogP contribution in [-0.2, 0) is 6.42 Å². The van der Waals surface area contributed by atoms with Crippen LogP contribution in [0.2, 0.25) is 0 Å². The molecular weight excluding hydrogens is 242 g/mol. The van der Waals surface area contributed by atoms with Crippen LogP contribution in [0.1, 0.15) is 17.2 Å². The van der Waals surface area contributed by atoms with E-state index in [1.165, 1.54) is 0 Å². The van der Waals surface area contributed by atoms with Crippen LogP contribution in [-0.4, -0.2) is 24.3 Å². The van der Waals surface area contributed by atoms with Crippen LogP contribution >= 0.6 is 0 Å². The molecule has 0 fully saturated rings. The average Bonchev–Trinajstić information content (AvgIpc) is 2.48. The first-order valence-corrected chi connectivity index (χ1v) is 6.03. The van der Waals surface area contributed by atoms with Gasteiger partial charge in [-0.25, -0.2) is 0 Å². The standard InChI is InChI=1S/C15H17NO3/c1-18-13-5-3-11(4-6-13)7-15(17)12-8-14(19-2)10-16-9-12/h3-6,8-10,15,17H,7H2,1-2H3. The smallest absolute Gasteiger partial charge is 0.137 e. The molecule has 1 unspecified atom stereocenters. The lowest BCUT2D eigenvalue weighted by Crippen LogP contribution is -2.02. The van der Waals surface area contributed by atoms with Crippen molar-refractivity contribution in [2.75, 3.05) is 14.2 Å². The molecule has 100 valence electrons. The summed E-state index contributed by atoms with van der Waals surface area (Å²) in [7, 11) is 3.21. The molecule has 1 heterocycles. The highest BCUT2D eigenvalue weighted by Crippen LogP contribution is 2.22. The van der Waals surface area contributed by atoms with Gasteiger partial charge in [0, 0.05) is 18.2 Å². The van der Waals surface area contributed by atoms with E-state index in [0.717, 1.165) is 16.9 Å². The average molecular weight is 259 g/mol. The summed E-state index contributed by atoms with van der Waals surface area (Å²) in [6.07, 6.45) is 3.19. The van der Waals surface area contributed by atoms with Gasteiger partial charge in [0.1, 0.15) is 11.5 Å². The van der Waals surface area contributed by atoms with Crippen LogP contribution in [0.3, 0.4) is 0 Å². The largest absolute Gasteiger partial charge is 0.497 e. The molecule has 2 rings (SSSR count). The minimum atomic E-state index is -0.601. The van der Waals surface area contributed by atoms with Crippen molar-refractivity contribution in [3.63, 3.8) is 0 Å². The third-order valence-corrected chi connectivity index (χ3v) is 2.94. The van der Waals surface area contributed by atoms with Crippen LogP contribution in [0.15, 0.2) is 42.7 Å². The summed E-state index contributed by atoms with van der Waals surface area (Å²) in [5, 5.41) is 10.2. The Labute approximate surface area is 112 Å². The van der Waals surface area contributed by atoms with Gasteiger partial charge in [-0.15, -0.1) is 0 Å². The number of aliphatic hydroxyl groups excluding tert-OH is 1. The molecule has 0 aliphatic rings. The number of nitrogens with zero attached hydrogens (tertiary/aromatic N) is 1. The Morgan fingerprint density at radius 2 is 1.74 bits per heavy atom. The highest BCUT2D eigenvalue weighted by atomic mass is 16.5. The first-order valence-electron chi connectivity index (χ1n) is 6.03. The molecule has 1 aromatic heterocycles. The Morgan fingerprint density at radius 1 is 1.05 bits per heavy atom. The maximum atomic E-state index is 10.2. The lowest BCUT2D eigenvalue weighted by Gasteiger charge is -2.12. The molecule has 19 heavy (non-hydrogen) atoms. The molecule has 0 amide bonds. The fourth-order valence-corrected chi connectivity index (χ4v) is 1.83. The van der Waals surface area contributed by atoms with Gasteiger partial charge in [0.05, 0.1) is 26.5 Å². The van der Waals surface area contributed by atoms with E-state index in [9.17, 15) is 5.11 Å². The molecule has 0 radical (unpaired) electrons. The molecule has 4 nitrogen and oxygen atoms in total. The molecule has 1 atom stereocenters. The van der Waals surface area contributed by atoms with E-state index < -0.39 is 6.10 Å². The minimum Gasteiger partial charge on any atom is -0.497 e. The topological polar surface area (TPSA) is 51.6 Å². The predicted octanol–water partition coefficient (Wildman–Crippen LogP) is 2.37. The molecule has 2 aromatic rings. The first kappa shape index (κ1) is 13.4. The second kappa shape index (κ2) is 6.20. The van der Waals surface area contributed by atoms with Gasteiger partial charge in [0.15, 0.2) is 0 Å². The van der Waals surface area contributed by atoms with Crippen LogP contribution in [0, 0.1) is 0 Å². The van der Waals surface area contributed by atoms with Crippen LogP contribution < -0.4 is 9.47 Å². The number of pyridine rings is 1. The van der Waals surface area contributed by atoms with Crippen molar-refractivity contribution in [2.45, 2.75) is 12.5 Å². The van der Waals surface area contributed by atoms with Gasteiger partial charge in [-0.3, -0.25) is 4.98 Å². The highest BCUT2D eigenvalue weighted by molar-refractivity contribution is 5.30. The molecule has 4 heteroatoms. The second-order valence-electron chi connectivity index (χ2n) is 4.23. The first-order chi connectivity index (χ1) is 9.22.